The topological polar surface area (TPSA) is 113 Å². The molecule has 4 aliphatic rings. The van der Waals surface area contributed by atoms with Crippen LogP contribution in [0.1, 0.15) is 53.3 Å². The molecular formula is C34H34N6O5. The van der Waals surface area contributed by atoms with Crippen molar-refractivity contribution in [1.82, 2.24) is 30.4 Å². The number of hydrogen-bond acceptors (Lipinski definition) is 8. The third-order valence-electron chi connectivity index (χ3n) is 9.38. The van der Waals surface area contributed by atoms with Gasteiger partial charge in [-0.2, -0.15) is 5.06 Å². The number of hydrogen-bond donors (Lipinski definition) is 1. The maximum Gasteiger partial charge on any atom is 0.410 e. The van der Waals surface area contributed by atoms with E-state index in [4.69, 9.17) is 14.0 Å². The average molecular weight is 607 g/mol. The highest BCUT2D eigenvalue weighted by Gasteiger charge is 2.48. The molecule has 11 heteroatoms. The van der Waals surface area contributed by atoms with Gasteiger partial charge in [-0.05, 0) is 40.7 Å². The second-order valence-corrected chi connectivity index (χ2v) is 12.0. The van der Waals surface area contributed by atoms with Crippen molar-refractivity contribution in [2.45, 2.75) is 50.0 Å². The molecule has 45 heavy (non-hydrogen) atoms. The van der Waals surface area contributed by atoms with E-state index in [2.05, 4.69) is 39.8 Å². The van der Waals surface area contributed by atoms with Crippen LogP contribution in [0.5, 0.6) is 0 Å². The molecule has 230 valence electrons. The van der Waals surface area contributed by atoms with E-state index < -0.39 is 6.09 Å². The molecule has 0 unspecified atom stereocenters. The minimum Gasteiger partial charge on any atom is -0.448 e. The molecule has 0 radical (unpaired) electrons. The lowest BCUT2D eigenvalue weighted by atomic mass is 9.98. The number of hydroxylamine groups is 2. The van der Waals surface area contributed by atoms with Crippen LogP contribution in [0.2, 0.25) is 0 Å². The Labute approximate surface area is 260 Å². The third-order valence-corrected chi connectivity index (χ3v) is 9.38. The van der Waals surface area contributed by atoms with E-state index in [-0.39, 0.29) is 43.2 Å². The molecule has 1 N–H and O–H groups in total. The van der Waals surface area contributed by atoms with Crippen molar-refractivity contribution >= 4 is 12.1 Å². The third kappa shape index (κ3) is 5.11. The minimum atomic E-state index is -0.412. The van der Waals surface area contributed by atoms with E-state index in [9.17, 15) is 9.59 Å². The van der Waals surface area contributed by atoms with Gasteiger partial charge in [0.25, 0.3) is 0 Å². The molecule has 4 heterocycles. The molecular weight excluding hydrogens is 572 g/mol. The summed E-state index contributed by atoms with van der Waals surface area (Å²) in [6.45, 7) is 2.56. The summed E-state index contributed by atoms with van der Waals surface area (Å²) < 4.78 is 12.1. The fourth-order valence-corrected chi connectivity index (χ4v) is 6.90. The van der Waals surface area contributed by atoms with Crippen molar-refractivity contribution in [2.75, 3.05) is 26.2 Å². The molecule has 1 aliphatic carbocycles. The van der Waals surface area contributed by atoms with Gasteiger partial charge in [-0.1, -0.05) is 78.9 Å². The first kappa shape index (κ1) is 27.8. The molecule has 2 atom stereocenters. The summed E-state index contributed by atoms with van der Waals surface area (Å²) in [5.74, 6) is 0.666. The molecule has 0 spiro atoms. The van der Waals surface area contributed by atoms with E-state index >= 15 is 0 Å². The van der Waals surface area contributed by atoms with Gasteiger partial charge in [0, 0.05) is 25.6 Å². The summed E-state index contributed by atoms with van der Waals surface area (Å²) in [4.78, 5) is 36.2. The molecule has 3 amide bonds. The number of aromatic nitrogens is 2. The Morgan fingerprint density at radius 1 is 0.933 bits per heavy atom. The number of fused-ring (bicyclic) bond motifs is 5. The summed E-state index contributed by atoms with van der Waals surface area (Å²) in [5, 5.41) is 13.3. The highest BCUT2D eigenvalue weighted by molar-refractivity contribution is 5.79. The molecule has 3 aromatic carbocycles. The predicted molar refractivity (Wildman–Crippen MR) is 163 cm³/mol. The number of nitrogens with zero attached hydrogens (tertiary/aromatic N) is 5. The highest BCUT2D eigenvalue weighted by Crippen LogP contribution is 2.44. The number of benzene rings is 3. The first-order chi connectivity index (χ1) is 22.1. The molecule has 3 fully saturated rings. The van der Waals surface area contributed by atoms with Crippen LogP contribution in [-0.2, 0) is 22.7 Å². The number of amides is 3. The number of piperidine rings is 1. The molecule has 11 nitrogen and oxygen atoms in total. The molecule has 0 saturated carbocycles. The number of carbonyl (C=O) groups is 2. The van der Waals surface area contributed by atoms with Crippen LogP contribution in [0.4, 0.5) is 9.59 Å². The van der Waals surface area contributed by atoms with E-state index in [1.54, 1.807) is 9.80 Å². The molecule has 2 bridgehead atoms. The zero-order chi connectivity index (χ0) is 30.3. The summed E-state index contributed by atoms with van der Waals surface area (Å²) in [5.41, 5.74) is 5.70. The first-order valence-electron chi connectivity index (χ1n) is 15.6. The number of rotatable bonds is 9. The lowest BCUT2D eigenvalue weighted by Crippen LogP contribution is -2.58. The standard InChI is InChI=1S/C34H34N6O5/c41-33-39-18-23(40(33)44-20-22-8-2-1-3-9-22)14-15-30(39)32-37-36-31(45-32)19-38(24-16-35-17-24)34(42)43-21-29-27-12-6-4-10-25(27)26-11-5-7-13-28(26)29/h1-13,23-24,29-30,35H,14-21H2/t23-,30+/m1/s1. The Hall–Kier alpha value is -4.74. The van der Waals surface area contributed by atoms with E-state index in [0.29, 0.717) is 44.4 Å². The summed E-state index contributed by atoms with van der Waals surface area (Å²) >= 11 is 0. The first-order valence-corrected chi connectivity index (χ1v) is 15.6. The van der Waals surface area contributed by atoms with Gasteiger partial charge in [0.2, 0.25) is 11.8 Å². The molecule has 8 rings (SSSR count). The van der Waals surface area contributed by atoms with Gasteiger partial charge in [-0.25, -0.2) is 9.59 Å². The molecule has 4 aromatic rings. The Balaban J connectivity index is 0.930. The molecule has 3 saturated heterocycles. The maximum atomic E-state index is 13.5. The van der Waals surface area contributed by atoms with Crippen LogP contribution in [0.25, 0.3) is 11.1 Å². The van der Waals surface area contributed by atoms with Gasteiger partial charge < -0.3 is 19.4 Å². The fourth-order valence-electron chi connectivity index (χ4n) is 6.90. The van der Waals surface area contributed by atoms with Gasteiger partial charge in [-0.3, -0.25) is 9.74 Å². The normalized spacial score (nSPS) is 20.6. The molecule has 1 aromatic heterocycles. The lowest BCUT2D eigenvalue weighted by Gasteiger charge is -2.36. The lowest BCUT2D eigenvalue weighted by molar-refractivity contribution is -0.140. The van der Waals surface area contributed by atoms with Gasteiger partial charge in [0.05, 0.1) is 12.1 Å². The van der Waals surface area contributed by atoms with Crippen molar-refractivity contribution in [3.05, 3.63) is 107 Å². The number of ether oxygens (including phenoxy) is 1. The maximum absolute atomic E-state index is 13.5. The second kappa shape index (κ2) is 11.6. The van der Waals surface area contributed by atoms with Crippen molar-refractivity contribution < 1.29 is 23.6 Å². The van der Waals surface area contributed by atoms with Crippen molar-refractivity contribution in [2.24, 2.45) is 0 Å². The zero-order valence-corrected chi connectivity index (χ0v) is 24.7. The van der Waals surface area contributed by atoms with E-state index in [1.165, 1.54) is 27.3 Å². The van der Waals surface area contributed by atoms with Crippen LogP contribution in [0.15, 0.2) is 83.3 Å². The number of nitrogens with one attached hydrogen (secondary N) is 1. The smallest absolute Gasteiger partial charge is 0.410 e. The SMILES string of the molecule is O=C(OCC1c2ccccc2-c2ccccc21)N(Cc1nnc([C@@H]2CC[C@@H]3CN2C(=O)N3OCc2ccccc2)o1)C1CNC1. The van der Waals surface area contributed by atoms with E-state index in [1.807, 2.05) is 54.6 Å². The summed E-state index contributed by atoms with van der Waals surface area (Å²) in [6.07, 6.45) is 1.04. The Morgan fingerprint density at radius 2 is 1.64 bits per heavy atom. The van der Waals surface area contributed by atoms with Gasteiger partial charge in [0.15, 0.2) is 0 Å². The zero-order valence-electron chi connectivity index (χ0n) is 24.7. The molecule has 3 aliphatic heterocycles. The van der Waals surface area contributed by atoms with Crippen LogP contribution < -0.4 is 5.32 Å². The Bertz CT molecular complexity index is 1660. The monoisotopic (exact) mass is 606 g/mol. The Kier molecular flexibility index (Phi) is 7.19. The summed E-state index contributed by atoms with van der Waals surface area (Å²) in [6, 6.07) is 25.8. The van der Waals surface area contributed by atoms with Crippen LogP contribution in [0.3, 0.4) is 0 Å². The van der Waals surface area contributed by atoms with Crippen LogP contribution >= 0.6 is 0 Å². The Morgan fingerprint density at radius 3 is 2.36 bits per heavy atom. The number of carbonyl (C=O) groups excluding carboxylic acids is 2. The second-order valence-electron chi connectivity index (χ2n) is 12.0. The largest absolute Gasteiger partial charge is 0.448 e. The quantitative estimate of drug-likeness (QED) is 0.287. The average Bonchev–Trinajstić information content (AvgIpc) is 3.72. The van der Waals surface area contributed by atoms with E-state index in [0.717, 1.165) is 12.0 Å². The minimum absolute atomic E-state index is 0.0185. The van der Waals surface area contributed by atoms with Crippen molar-refractivity contribution in [3.8, 4) is 11.1 Å². The highest BCUT2D eigenvalue weighted by atomic mass is 16.7. The van der Waals surface area contributed by atoms with Crippen molar-refractivity contribution in [3.63, 3.8) is 0 Å². The van der Waals surface area contributed by atoms with Gasteiger partial charge in [0.1, 0.15) is 25.8 Å². The predicted octanol–water partition coefficient (Wildman–Crippen LogP) is 4.87. The van der Waals surface area contributed by atoms with Crippen molar-refractivity contribution in [1.29, 1.82) is 0 Å². The van der Waals surface area contributed by atoms with Gasteiger partial charge >= 0.3 is 12.1 Å². The summed E-state index contributed by atoms with van der Waals surface area (Å²) in [7, 11) is 0. The van der Waals surface area contributed by atoms with Gasteiger partial charge in [-0.15, -0.1) is 10.2 Å². The van der Waals surface area contributed by atoms with Crippen LogP contribution in [0, 0.1) is 0 Å². The number of urea groups is 1. The van der Waals surface area contributed by atoms with Crippen LogP contribution in [-0.4, -0.2) is 75.5 Å². The fraction of sp³-hybridized carbons (Fsp3) is 0.353.